The number of ether oxygens (including phenoxy) is 1. The lowest BCUT2D eigenvalue weighted by atomic mass is 10.1. The highest BCUT2D eigenvalue weighted by Crippen LogP contribution is 2.23. The van der Waals surface area contributed by atoms with Gasteiger partial charge in [0.15, 0.2) is 0 Å². The number of hydrogen-bond acceptors (Lipinski definition) is 2. The molecule has 12 heavy (non-hydrogen) atoms. The number of nitrogens with two attached hydrogens (primary N) is 1. The summed E-state index contributed by atoms with van der Waals surface area (Å²) in [6, 6.07) is 4.08. The molecule has 1 rings (SSSR count). The van der Waals surface area contributed by atoms with Crippen molar-refractivity contribution in [1.29, 1.82) is 0 Å². The summed E-state index contributed by atoms with van der Waals surface area (Å²) in [5, 5.41) is 0. The van der Waals surface area contributed by atoms with Gasteiger partial charge in [0.25, 0.3) is 0 Å². The minimum absolute atomic E-state index is 0.529. The monoisotopic (exact) mass is 277 g/mol. The Morgan fingerprint density at radius 1 is 1.50 bits per heavy atom. The molecule has 0 aliphatic rings. The van der Waals surface area contributed by atoms with Gasteiger partial charge in [-0.3, -0.25) is 0 Å². The Labute approximate surface area is 86.2 Å². The zero-order valence-corrected chi connectivity index (χ0v) is 9.38. The molecule has 0 spiro atoms. The van der Waals surface area contributed by atoms with E-state index in [1.165, 1.54) is 9.13 Å². The van der Waals surface area contributed by atoms with Crippen molar-refractivity contribution in [2.75, 3.05) is 7.11 Å². The minimum atomic E-state index is 0.529. The van der Waals surface area contributed by atoms with Gasteiger partial charge in [-0.15, -0.1) is 0 Å². The predicted molar refractivity (Wildman–Crippen MR) is 58.3 cm³/mol. The molecule has 0 aliphatic heterocycles. The third-order valence-corrected chi connectivity index (χ3v) is 2.94. The van der Waals surface area contributed by atoms with Crippen LogP contribution >= 0.6 is 22.6 Å². The van der Waals surface area contributed by atoms with Gasteiger partial charge in [0.05, 0.1) is 7.11 Å². The molecule has 0 saturated heterocycles. The van der Waals surface area contributed by atoms with E-state index in [0.717, 1.165) is 11.3 Å². The van der Waals surface area contributed by atoms with Gasteiger partial charge < -0.3 is 10.5 Å². The van der Waals surface area contributed by atoms with Crippen LogP contribution < -0.4 is 10.5 Å². The van der Waals surface area contributed by atoms with Crippen molar-refractivity contribution in [3.63, 3.8) is 0 Å². The van der Waals surface area contributed by atoms with E-state index in [1.807, 2.05) is 6.07 Å². The van der Waals surface area contributed by atoms with E-state index < -0.39 is 0 Å². The second kappa shape index (κ2) is 4.09. The van der Waals surface area contributed by atoms with Crippen LogP contribution in [-0.4, -0.2) is 7.11 Å². The Kier molecular flexibility index (Phi) is 3.34. The molecule has 66 valence electrons. The van der Waals surface area contributed by atoms with Gasteiger partial charge >= 0.3 is 0 Å². The number of benzene rings is 1. The molecule has 1 aromatic rings. The van der Waals surface area contributed by atoms with Crippen LogP contribution in [0.15, 0.2) is 12.1 Å². The van der Waals surface area contributed by atoms with Crippen molar-refractivity contribution < 1.29 is 4.74 Å². The molecule has 0 atom stereocenters. The fourth-order valence-corrected chi connectivity index (χ4v) is 1.51. The van der Waals surface area contributed by atoms with Crippen molar-refractivity contribution in [2.24, 2.45) is 5.73 Å². The second-order valence-corrected chi connectivity index (χ2v) is 3.78. The summed E-state index contributed by atoms with van der Waals surface area (Å²) in [5.41, 5.74) is 7.88. The lowest BCUT2D eigenvalue weighted by molar-refractivity contribution is 0.409. The summed E-state index contributed by atoms with van der Waals surface area (Å²) >= 11 is 2.29. The molecule has 0 radical (unpaired) electrons. The zero-order valence-electron chi connectivity index (χ0n) is 7.23. The number of rotatable bonds is 2. The van der Waals surface area contributed by atoms with Crippen LogP contribution in [0.5, 0.6) is 5.75 Å². The molecule has 0 bridgehead atoms. The first-order valence-electron chi connectivity index (χ1n) is 3.72. The third-order valence-electron chi connectivity index (χ3n) is 1.78. The fourth-order valence-electron chi connectivity index (χ4n) is 1.07. The molecule has 0 amide bonds. The van der Waals surface area contributed by atoms with E-state index in [0.29, 0.717) is 6.54 Å². The normalized spacial score (nSPS) is 10.0. The smallest absolute Gasteiger partial charge is 0.124 e. The van der Waals surface area contributed by atoms with Gasteiger partial charge in [0.1, 0.15) is 5.75 Å². The van der Waals surface area contributed by atoms with Gasteiger partial charge in [-0.05, 0) is 41.1 Å². The van der Waals surface area contributed by atoms with Crippen molar-refractivity contribution >= 4 is 22.6 Å². The standard InChI is InChI=1S/C9H12INO/c1-6-3-7(5-11)9(12-2)4-8(6)10/h3-4H,5,11H2,1-2H3. The largest absolute Gasteiger partial charge is 0.496 e. The van der Waals surface area contributed by atoms with Crippen LogP contribution in [0.1, 0.15) is 11.1 Å². The first kappa shape index (κ1) is 9.80. The molecular weight excluding hydrogens is 265 g/mol. The average molecular weight is 277 g/mol. The maximum Gasteiger partial charge on any atom is 0.124 e. The lowest BCUT2D eigenvalue weighted by Gasteiger charge is -2.08. The molecule has 0 aliphatic carbocycles. The number of hydrogen-bond donors (Lipinski definition) is 1. The summed E-state index contributed by atoms with van der Waals surface area (Å²) in [5.74, 6) is 0.882. The van der Waals surface area contributed by atoms with Gasteiger partial charge in [-0.25, -0.2) is 0 Å². The second-order valence-electron chi connectivity index (χ2n) is 2.62. The Balaban J connectivity index is 3.19. The minimum Gasteiger partial charge on any atom is -0.496 e. The van der Waals surface area contributed by atoms with Crippen molar-refractivity contribution in [3.8, 4) is 5.75 Å². The van der Waals surface area contributed by atoms with Crippen molar-refractivity contribution in [3.05, 3.63) is 26.8 Å². The Morgan fingerprint density at radius 2 is 2.17 bits per heavy atom. The number of methoxy groups -OCH3 is 1. The average Bonchev–Trinajstić information content (AvgIpc) is 2.09. The Morgan fingerprint density at radius 3 is 2.67 bits per heavy atom. The van der Waals surface area contributed by atoms with E-state index in [-0.39, 0.29) is 0 Å². The molecule has 0 saturated carbocycles. The fraction of sp³-hybridized carbons (Fsp3) is 0.333. The van der Waals surface area contributed by atoms with Crippen molar-refractivity contribution in [1.82, 2.24) is 0 Å². The zero-order chi connectivity index (χ0) is 9.14. The van der Waals surface area contributed by atoms with Crippen LogP contribution in [0.3, 0.4) is 0 Å². The van der Waals surface area contributed by atoms with Gasteiger partial charge in [-0.2, -0.15) is 0 Å². The summed E-state index contributed by atoms with van der Waals surface area (Å²) in [4.78, 5) is 0. The summed E-state index contributed by atoms with van der Waals surface area (Å²) in [6.45, 7) is 2.60. The SMILES string of the molecule is COc1cc(I)c(C)cc1CN. The topological polar surface area (TPSA) is 35.2 Å². The molecule has 1 aromatic carbocycles. The summed E-state index contributed by atoms with van der Waals surface area (Å²) in [7, 11) is 1.67. The van der Waals surface area contributed by atoms with Crippen LogP contribution in [0.2, 0.25) is 0 Å². The van der Waals surface area contributed by atoms with Crippen LogP contribution in [0, 0.1) is 10.5 Å². The number of halogens is 1. The highest BCUT2D eigenvalue weighted by molar-refractivity contribution is 14.1. The molecule has 0 aromatic heterocycles. The highest BCUT2D eigenvalue weighted by Gasteiger charge is 2.03. The van der Waals surface area contributed by atoms with E-state index >= 15 is 0 Å². The first-order valence-corrected chi connectivity index (χ1v) is 4.80. The Bertz CT molecular complexity index is 257. The first-order chi connectivity index (χ1) is 5.69. The van der Waals surface area contributed by atoms with E-state index in [9.17, 15) is 0 Å². The molecule has 0 heterocycles. The quantitative estimate of drug-likeness (QED) is 0.840. The van der Waals surface area contributed by atoms with E-state index in [4.69, 9.17) is 10.5 Å². The molecular formula is C9H12INO. The number of aryl methyl sites for hydroxylation is 1. The third kappa shape index (κ3) is 1.90. The van der Waals surface area contributed by atoms with Gasteiger partial charge in [0, 0.05) is 15.7 Å². The molecule has 2 N–H and O–H groups in total. The van der Waals surface area contributed by atoms with E-state index in [1.54, 1.807) is 7.11 Å². The Hall–Kier alpha value is -0.290. The van der Waals surface area contributed by atoms with Crippen LogP contribution in [0.4, 0.5) is 0 Å². The predicted octanol–water partition coefficient (Wildman–Crippen LogP) is 2.07. The summed E-state index contributed by atoms with van der Waals surface area (Å²) < 4.78 is 6.40. The van der Waals surface area contributed by atoms with E-state index in [2.05, 4.69) is 35.6 Å². The van der Waals surface area contributed by atoms with Gasteiger partial charge in [0.2, 0.25) is 0 Å². The molecule has 2 nitrogen and oxygen atoms in total. The maximum absolute atomic E-state index is 5.56. The van der Waals surface area contributed by atoms with Crippen molar-refractivity contribution in [2.45, 2.75) is 13.5 Å². The molecule has 0 fully saturated rings. The molecule has 3 heteroatoms. The molecule has 0 unspecified atom stereocenters. The van der Waals surface area contributed by atoms with Crippen LogP contribution in [-0.2, 0) is 6.54 Å². The highest BCUT2D eigenvalue weighted by atomic mass is 127. The maximum atomic E-state index is 5.56. The lowest BCUT2D eigenvalue weighted by Crippen LogP contribution is -2.01. The van der Waals surface area contributed by atoms with Gasteiger partial charge in [-0.1, -0.05) is 6.07 Å². The summed E-state index contributed by atoms with van der Waals surface area (Å²) in [6.07, 6.45) is 0. The van der Waals surface area contributed by atoms with Crippen LogP contribution in [0.25, 0.3) is 0 Å².